The van der Waals surface area contributed by atoms with Crippen LogP contribution in [0.1, 0.15) is 0 Å². The number of nitrogen functional groups attached to an aromatic ring is 1. The largest absolute Gasteiger partial charge is 0.497 e. The van der Waals surface area contributed by atoms with Gasteiger partial charge in [0, 0.05) is 18.8 Å². The monoisotopic (exact) mass is 308 g/mol. The molecule has 0 saturated heterocycles. The maximum atomic E-state index is 5.69. The fourth-order valence-corrected chi connectivity index (χ4v) is 1.89. The van der Waals surface area contributed by atoms with Gasteiger partial charge in [0.25, 0.3) is 0 Å². The second-order valence-corrected chi connectivity index (χ2v) is 4.49. The second kappa shape index (κ2) is 5.22. The van der Waals surface area contributed by atoms with E-state index in [0.29, 0.717) is 16.4 Å². The Labute approximate surface area is 114 Å². The Hall–Kier alpha value is -1.82. The summed E-state index contributed by atoms with van der Waals surface area (Å²) >= 11 is 3.30. The van der Waals surface area contributed by atoms with Crippen molar-refractivity contribution in [2.45, 2.75) is 0 Å². The molecule has 18 heavy (non-hydrogen) atoms. The zero-order valence-electron chi connectivity index (χ0n) is 10.1. The molecule has 0 radical (unpaired) electrons. The van der Waals surface area contributed by atoms with E-state index in [1.807, 2.05) is 36.2 Å². The molecule has 0 aliphatic carbocycles. The highest BCUT2D eigenvalue weighted by atomic mass is 79.9. The molecule has 1 aromatic heterocycles. The standard InChI is InChI=1S/C12H13BrN4O/c1-17(8-3-5-9(18-2)6-4-8)12-15-10(13)7-11(14)16-12/h3-7H,1-2H3,(H2,14,15,16). The van der Waals surface area contributed by atoms with Gasteiger partial charge in [-0.2, -0.15) is 4.98 Å². The molecule has 0 saturated carbocycles. The van der Waals surface area contributed by atoms with Gasteiger partial charge in [0.2, 0.25) is 5.95 Å². The molecule has 0 amide bonds. The van der Waals surface area contributed by atoms with Crippen LogP contribution in [0.25, 0.3) is 0 Å². The molecule has 5 nitrogen and oxygen atoms in total. The Morgan fingerprint density at radius 1 is 1.22 bits per heavy atom. The Bertz CT molecular complexity index is 524. The molecule has 0 fully saturated rings. The summed E-state index contributed by atoms with van der Waals surface area (Å²) in [5.74, 6) is 1.76. The van der Waals surface area contributed by atoms with Crippen molar-refractivity contribution in [2.75, 3.05) is 24.8 Å². The van der Waals surface area contributed by atoms with Crippen LogP contribution >= 0.6 is 15.9 Å². The molecule has 6 heteroatoms. The van der Waals surface area contributed by atoms with Crippen molar-refractivity contribution >= 4 is 33.4 Å². The first kappa shape index (κ1) is 12.6. The third-order valence-electron chi connectivity index (χ3n) is 2.46. The van der Waals surface area contributed by atoms with Crippen LogP contribution in [-0.2, 0) is 0 Å². The van der Waals surface area contributed by atoms with Gasteiger partial charge in [-0.05, 0) is 40.2 Å². The van der Waals surface area contributed by atoms with E-state index >= 15 is 0 Å². The van der Waals surface area contributed by atoms with Crippen LogP contribution in [0.4, 0.5) is 17.5 Å². The first-order chi connectivity index (χ1) is 8.60. The summed E-state index contributed by atoms with van der Waals surface area (Å²) in [6.45, 7) is 0. The molecule has 0 bridgehead atoms. The minimum atomic E-state index is 0.423. The summed E-state index contributed by atoms with van der Waals surface area (Å²) in [7, 11) is 3.51. The number of benzene rings is 1. The van der Waals surface area contributed by atoms with Crippen molar-refractivity contribution in [3.8, 4) is 5.75 Å². The highest BCUT2D eigenvalue weighted by Crippen LogP contribution is 2.24. The number of methoxy groups -OCH3 is 1. The summed E-state index contributed by atoms with van der Waals surface area (Å²) < 4.78 is 5.77. The van der Waals surface area contributed by atoms with Gasteiger partial charge in [0.15, 0.2) is 0 Å². The predicted molar refractivity (Wildman–Crippen MR) is 75.2 cm³/mol. The van der Waals surface area contributed by atoms with Crippen molar-refractivity contribution in [3.63, 3.8) is 0 Å². The lowest BCUT2D eigenvalue weighted by Crippen LogP contribution is -2.13. The minimum absolute atomic E-state index is 0.423. The molecule has 0 atom stereocenters. The number of halogens is 1. The Balaban J connectivity index is 2.31. The lowest BCUT2D eigenvalue weighted by Gasteiger charge is -2.17. The fraction of sp³-hybridized carbons (Fsp3) is 0.167. The molecule has 2 N–H and O–H groups in total. The van der Waals surface area contributed by atoms with Crippen LogP contribution in [0, 0.1) is 0 Å². The van der Waals surface area contributed by atoms with Crippen molar-refractivity contribution in [1.82, 2.24) is 9.97 Å². The highest BCUT2D eigenvalue weighted by molar-refractivity contribution is 9.10. The number of anilines is 3. The van der Waals surface area contributed by atoms with E-state index in [1.54, 1.807) is 13.2 Å². The van der Waals surface area contributed by atoms with Crippen LogP contribution < -0.4 is 15.4 Å². The SMILES string of the molecule is COc1ccc(N(C)c2nc(N)cc(Br)n2)cc1. The molecule has 1 heterocycles. The Morgan fingerprint density at radius 2 is 1.89 bits per heavy atom. The lowest BCUT2D eigenvalue weighted by molar-refractivity contribution is 0.415. The summed E-state index contributed by atoms with van der Waals surface area (Å²) in [5.41, 5.74) is 6.65. The van der Waals surface area contributed by atoms with Gasteiger partial charge in [-0.15, -0.1) is 0 Å². The molecule has 1 aromatic carbocycles. The van der Waals surface area contributed by atoms with Crippen LogP contribution in [0.15, 0.2) is 34.9 Å². The van der Waals surface area contributed by atoms with E-state index in [-0.39, 0.29) is 0 Å². The third kappa shape index (κ3) is 2.70. The van der Waals surface area contributed by atoms with E-state index in [4.69, 9.17) is 10.5 Å². The van der Waals surface area contributed by atoms with Gasteiger partial charge in [0.05, 0.1) is 7.11 Å². The summed E-state index contributed by atoms with van der Waals surface area (Å²) in [6.07, 6.45) is 0. The highest BCUT2D eigenvalue weighted by Gasteiger charge is 2.08. The number of hydrogen-bond acceptors (Lipinski definition) is 5. The van der Waals surface area contributed by atoms with Gasteiger partial charge in [-0.3, -0.25) is 0 Å². The molecule has 94 valence electrons. The number of rotatable bonds is 3. The average Bonchev–Trinajstić information content (AvgIpc) is 2.37. The Morgan fingerprint density at radius 3 is 2.44 bits per heavy atom. The normalized spacial score (nSPS) is 10.2. The van der Waals surface area contributed by atoms with Crippen LogP contribution in [-0.4, -0.2) is 24.1 Å². The molecule has 0 spiro atoms. The van der Waals surface area contributed by atoms with Crippen LogP contribution in [0.5, 0.6) is 5.75 Å². The molecular formula is C12H13BrN4O. The Kier molecular flexibility index (Phi) is 3.66. The minimum Gasteiger partial charge on any atom is -0.497 e. The second-order valence-electron chi connectivity index (χ2n) is 3.67. The number of aromatic nitrogens is 2. The van der Waals surface area contributed by atoms with Crippen molar-refractivity contribution in [2.24, 2.45) is 0 Å². The van der Waals surface area contributed by atoms with E-state index in [0.717, 1.165) is 11.4 Å². The third-order valence-corrected chi connectivity index (χ3v) is 2.87. The zero-order valence-corrected chi connectivity index (χ0v) is 11.7. The number of hydrogen-bond donors (Lipinski definition) is 1. The molecule has 2 aromatic rings. The quantitative estimate of drug-likeness (QED) is 0.883. The van der Waals surface area contributed by atoms with E-state index in [1.165, 1.54) is 0 Å². The van der Waals surface area contributed by atoms with Crippen molar-refractivity contribution < 1.29 is 4.74 Å². The number of ether oxygens (including phenoxy) is 1. The van der Waals surface area contributed by atoms with E-state index < -0.39 is 0 Å². The number of nitrogens with zero attached hydrogens (tertiary/aromatic N) is 3. The van der Waals surface area contributed by atoms with Crippen LogP contribution in [0.2, 0.25) is 0 Å². The predicted octanol–water partition coefficient (Wildman–Crippen LogP) is 2.60. The van der Waals surface area contributed by atoms with Crippen LogP contribution in [0.3, 0.4) is 0 Å². The van der Waals surface area contributed by atoms with E-state index in [2.05, 4.69) is 25.9 Å². The lowest BCUT2D eigenvalue weighted by atomic mass is 10.3. The smallest absolute Gasteiger partial charge is 0.232 e. The van der Waals surface area contributed by atoms with Gasteiger partial charge in [-0.1, -0.05) is 0 Å². The van der Waals surface area contributed by atoms with Gasteiger partial charge < -0.3 is 15.4 Å². The summed E-state index contributed by atoms with van der Waals surface area (Å²) in [4.78, 5) is 10.3. The molecular weight excluding hydrogens is 296 g/mol. The van der Waals surface area contributed by atoms with E-state index in [9.17, 15) is 0 Å². The molecule has 2 rings (SSSR count). The van der Waals surface area contributed by atoms with Gasteiger partial charge in [0.1, 0.15) is 16.2 Å². The average molecular weight is 309 g/mol. The first-order valence-corrected chi connectivity index (χ1v) is 6.07. The summed E-state index contributed by atoms with van der Waals surface area (Å²) in [6, 6.07) is 9.28. The summed E-state index contributed by atoms with van der Waals surface area (Å²) in [5, 5.41) is 0. The van der Waals surface area contributed by atoms with Gasteiger partial charge in [-0.25, -0.2) is 4.98 Å². The zero-order chi connectivity index (χ0) is 13.1. The topological polar surface area (TPSA) is 64.3 Å². The maximum Gasteiger partial charge on any atom is 0.232 e. The maximum absolute atomic E-state index is 5.69. The molecule has 0 aliphatic rings. The number of nitrogens with two attached hydrogens (primary N) is 1. The van der Waals surface area contributed by atoms with Crippen molar-refractivity contribution in [1.29, 1.82) is 0 Å². The van der Waals surface area contributed by atoms with Gasteiger partial charge >= 0.3 is 0 Å². The molecule has 0 unspecified atom stereocenters. The fourth-order valence-electron chi connectivity index (χ4n) is 1.49. The molecule has 0 aliphatic heterocycles. The first-order valence-electron chi connectivity index (χ1n) is 5.28. The van der Waals surface area contributed by atoms with Crippen molar-refractivity contribution in [3.05, 3.63) is 34.9 Å².